The van der Waals surface area contributed by atoms with E-state index in [9.17, 15) is 0 Å². The van der Waals surface area contributed by atoms with E-state index in [0.29, 0.717) is 0 Å². The zero-order valence-corrected chi connectivity index (χ0v) is 20.5. The average Bonchev–Trinajstić information content (AvgIpc) is 3.38. The zero-order valence-electron chi connectivity index (χ0n) is 20.5. The first-order chi connectivity index (χ1) is 17.3. The number of hydrogen-bond acceptors (Lipinski definition) is 0. The molecule has 5 aromatic rings. The zero-order chi connectivity index (χ0) is 23.7. The van der Waals surface area contributed by atoms with E-state index in [1.165, 1.54) is 71.6 Å². The first kappa shape index (κ1) is 22.6. The molecule has 5 aromatic carbocycles. The van der Waals surface area contributed by atoms with Gasteiger partial charge in [-0.05, 0) is 85.0 Å². The molecule has 176 valence electrons. The lowest BCUT2D eigenvalue weighted by molar-refractivity contribution is 0.773. The molecule has 0 amide bonds. The van der Waals surface area contributed by atoms with E-state index in [4.69, 9.17) is 0 Å². The van der Waals surface area contributed by atoms with Gasteiger partial charge < -0.3 is 0 Å². The number of fused-ring (bicyclic) bond motifs is 7. The number of rotatable bonds is 0. The smallest absolute Gasteiger partial charge is 0.0692 e. The Morgan fingerprint density at radius 3 is 2.03 bits per heavy atom. The predicted molar refractivity (Wildman–Crippen MR) is 157 cm³/mol. The maximum atomic E-state index is 2.38. The van der Waals surface area contributed by atoms with Crippen LogP contribution in [-0.4, -0.2) is 0 Å². The summed E-state index contributed by atoms with van der Waals surface area (Å²) in [6, 6.07) is 34.2. The molecule has 3 aliphatic carbocycles. The van der Waals surface area contributed by atoms with Crippen LogP contribution in [0.4, 0.5) is 0 Å². The van der Waals surface area contributed by atoms with Crippen LogP contribution in [0.2, 0.25) is 0 Å². The number of hydrogen-bond donors (Lipinski definition) is 0. The highest BCUT2D eigenvalue weighted by Crippen LogP contribution is 2.65. The summed E-state index contributed by atoms with van der Waals surface area (Å²) in [5.41, 5.74) is 12.6. The van der Waals surface area contributed by atoms with Crippen molar-refractivity contribution in [2.75, 3.05) is 0 Å². The van der Waals surface area contributed by atoms with Gasteiger partial charge in [0.05, 0.1) is 5.41 Å². The Morgan fingerprint density at radius 2 is 1.25 bits per heavy atom. The molecule has 0 N–H and O–H groups in total. The van der Waals surface area contributed by atoms with Crippen LogP contribution >= 0.6 is 0 Å². The molecular formula is C36H32. The van der Waals surface area contributed by atoms with Crippen molar-refractivity contribution in [3.63, 3.8) is 0 Å². The summed E-state index contributed by atoms with van der Waals surface area (Å²) in [7, 11) is 0. The number of allylic oxidation sites excluding steroid dienone is 4. The Kier molecular flexibility index (Phi) is 5.05. The van der Waals surface area contributed by atoms with E-state index in [1.807, 2.05) is 13.8 Å². The second-order valence-electron chi connectivity index (χ2n) is 9.62. The van der Waals surface area contributed by atoms with Crippen LogP contribution in [0.25, 0.3) is 38.2 Å². The molecular weight excluding hydrogens is 432 g/mol. The maximum absolute atomic E-state index is 2.38. The maximum Gasteiger partial charge on any atom is 0.0692 e. The standard InChI is InChI=1S/C33H22.C2H6.CH4/c1-20-22-16-8-10-21-11-9-17-25-23-12-2-3-14-26(23)31-27-15-5-7-19-29(27)33(20,32(31)30(21)25)28-18-6-4-13-24(22)28;1-2;/h2-9,11-19H,10H2,1H3;1-2H3;1H4/b16-8-;;. The van der Waals surface area contributed by atoms with Crippen molar-refractivity contribution in [2.45, 2.75) is 40.0 Å². The summed E-state index contributed by atoms with van der Waals surface area (Å²) in [6.45, 7) is 6.38. The van der Waals surface area contributed by atoms with Gasteiger partial charge in [0.15, 0.2) is 0 Å². The van der Waals surface area contributed by atoms with E-state index in [-0.39, 0.29) is 12.8 Å². The predicted octanol–water partition coefficient (Wildman–Crippen LogP) is 9.87. The van der Waals surface area contributed by atoms with E-state index >= 15 is 0 Å². The third-order valence-corrected chi connectivity index (χ3v) is 8.32. The van der Waals surface area contributed by atoms with Gasteiger partial charge in [0.1, 0.15) is 0 Å². The van der Waals surface area contributed by atoms with Crippen LogP contribution < -0.4 is 0 Å². The van der Waals surface area contributed by atoms with Gasteiger partial charge in [-0.15, -0.1) is 0 Å². The molecule has 1 spiro atoms. The summed E-state index contributed by atoms with van der Waals surface area (Å²) in [5, 5.41) is 5.55. The molecule has 0 nitrogen and oxygen atoms in total. The van der Waals surface area contributed by atoms with Crippen LogP contribution in [0.1, 0.15) is 56.0 Å². The second kappa shape index (κ2) is 8.07. The molecule has 0 heterocycles. The quantitative estimate of drug-likeness (QED) is 0.200. The van der Waals surface area contributed by atoms with Crippen LogP contribution in [0.3, 0.4) is 0 Å². The topological polar surface area (TPSA) is 0 Å². The third kappa shape index (κ3) is 2.49. The molecule has 0 heteroatoms. The van der Waals surface area contributed by atoms with E-state index in [0.717, 1.165) is 6.42 Å². The van der Waals surface area contributed by atoms with Crippen molar-refractivity contribution in [1.29, 1.82) is 0 Å². The van der Waals surface area contributed by atoms with Gasteiger partial charge in [-0.2, -0.15) is 0 Å². The van der Waals surface area contributed by atoms with Crippen LogP contribution in [0, 0.1) is 0 Å². The van der Waals surface area contributed by atoms with Crippen molar-refractivity contribution < 1.29 is 0 Å². The molecule has 0 aromatic heterocycles. The fourth-order valence-corrected chi connectivity index (χ4v) is 7.14. The van der Waals surface area contributed by atoms with Gasteiger partial charge in [0, 0.05) is 0 Å². The molecule has 36 heavy (non-hydrogen) atoms. The molecule has 0 saturated carbocycles. The minimum atomic E-state index is -0.245. The Labute approximate surface area is 214 Å². The van der Waals surface area contributed by atoms with Gasteiger partial charge in [0.2, 0.25) is 0 Å². The van der Waals surface area contributed by atoms with E-state index in [2.05, 4.69) is 110 Å². The van der Waals surface area contributed by atoms with Gasteiger partial charge in [0.25, 0.3) is 0 Å². The van der Waals surface area contributed by atoms with Crippen molar-refractivity contribution in [3.8, 4) is 11.1 Å². The largest absolute Gasteiger partial charge is 0.0795 e. The lowest BCUT2D eigenvalue weighted by Gasteiger charge is -2.33. The van der Waals surface area contributed by atoms with Gasteiger partial charge >= 0.3 is 0 Å². The Morgan fingerprint density at radius 1 is 0.639 bits per heavy atom. The van der Waals surface area contributed by atoms with Gasteiger partial charge in [-0.25, -0.2) is 0 Å². The Balaban J connectivity index is 0.000000783. The normalized spacial score (nSPS) is 18.9. The fraction of sp³-hybridized carbons (Fsp3) is 0.167. The lowest BCUT2D eigenvalue weighted by Crippen LogP contribution is -2.26. The summed E-state index contributed by atoms with van der Waals surface area (Å²) >= 11 is 0. The molecule has 1 unspecified atom stereocenters. The van der Waals surface area contributed by atoms with Crippen LogP contribution in [-0.2, 0) is 11.8 Å². The molecule has 0 saturated heterocycles. The van der Waals surface area contributed by atoms with Crippen molar-refractivity contribution in [3.05, 3.63) is 137 Å². The SMILES string of the molecule is C.CC.CC1=C2/C=C\Cc3cccc4c3c3c(c5ccccc54)-c4ccccc4C13c1ccccc12. The monoisotopic (exact) mass is 464 g/mol. The van der Waals surface area contributed by atoms with Crippen LogP contribution in [0.5, 0.6) is 0 Å². The van der Waals surface area contributed by atoms with Crippen molar-refractivity contribution in [1.82, 2.24) is 0 Å². The molecule has 8 rings (SSSR count). The number of benzene rings is 5. The van der Waals surface area contributed by atoms with Gasteiger partial charge in [-0.1, -0.05) is 124 Å². The first-order valence-electron chi connectivity index (χ1n) is 12.9. The summed E-state index contributed by atoms with van der Waals surface area (Å²) in [4.78, 5) is 0. The second-order valence-corrected chi connectivity index (χ2v) is 9.62. The summed E-state index contributed by atoms with van der Waals surface area (Å²) in [6.07, 6.45) is 5.71. The molecule has 1 atom stereocenters. The lowest BCUT2D eigenvalue weighted by atomic mass is 9.68. The van der Waals surface area contributed by atoms with Crippen molar-refractivity contribution in [2.24, 2.45) is 0 Å². The highest BCUT2D eigenvalue weighted by molar-refractivity contribution is 6.20. The Bertz CT molecular complexity index is 1740. The van der Waals surface area contributed by atoms with Crippen LogP contribution in [0.15, 0.2) is 109 Å². The minimum absolute atomic E-state index is 0. The average molecular weight is 465 g/mol. The molecule has 0 aliphatic heterocycles. The van der Waals surface area contributed by atoms with E-state index < -0.39 is 0 Å². The third-order valence-electron chi connectivity index (χ3n) is 8.32. The van der Waals surface area contributed by atoms with Gasteiger partial charge in [-0.3, -0.25) is 0 Å². The molecule has 2 bridgehead atoms. The molecule has 0 radical (unpaired) electrons. The Hall–Kier alpha value is -3.90. The summed E-state index contributed by atoms with van der Waals surface area (Å²) < 4.78 is 0. The van der Waals surface area contributed by atoms with E-state index in [1.54, 1.807) is 0 Å². The minimum Gasteiger partial charge on any atom is -0.0795 e. The fourth-order valence-electron chi connectivity index (χ4n) is 7.14. The first-order valence-corrected chi connectivity index (χ1v) is 12.9. The molecule has 0 fully saturated rings. The highest BCUT2D eigenvalue weighted by atomic mass is 14.5. The highest BCUT2D eigenvalue weighted by Gasteiger charge is 2.52. The molecule has 3 aliphatic rings. The van der Waals surface area contributed by atoms with Crippen molar-refractivity contribution >= 4 is 27.1 Å². The summed E-state index contributed by atoms with van der Waals surface area (Å²) in [5.74, 6) is 0.